The Morgan fingerprint density at radius 3 is 2.72 bits per heavy atom. The molecule has 0 bridgehead atoms. The Kier molecular flexibility index (Phi) is 8.86. The molecule has 4 heteroatoms. The van der Waals surface area contributed by atoms with Crippen LogP contribution < -0.4 is 5.32 Å². The maximum absolute atomic E-state index is 11.5. The second kappa shape index (κ2) is 10.3. The van der Waals surface area contributed by atoms with Gasteiger partial charge < -0.3 is 15.2 Å². The van der Waals surface area contributed by atoms with E-state index < -0.39 is 0 Å². The van der Waals surface area contributed by atoms with Gasteiger partial charge in [0.25, 0.3) is 0 Å². The summed E-state index contributed by atoms with van der Waals surface area (Å²) in [6.45, 7) is 1.41. The van der Waals surface area contributed by atoms with Crippen LogP contribution in [0.4, 0.5) is 0 Å². The van der Waals surface area contributed by atoms with Crippen molar-refractivity contribution in [2.24, 2.45) is 5.92 Å². The van der Waals surface area contributed by atoms with Crippen LogP contribution in [-0.4, -0.2) is 37.4 Å². The molecule has 1 aliphatic carbocycles. The predicted molar refractivity (Wildman–Crippen MR) is 71.3 cm³/mol. The lowest BCUT2D eigenvalue weighted by Crippen LogP contribution is -2.27. The fourth-order valence-electron chi connectivity index (χ4n) is 2.54. The number of aliphatic hydroxyl groups excluding tert-OH is 1. The van der Waals surface area contributed by atoms with Crippen LogP contribution in [-0.2, 0) is 9.53 Å². The number of ether oxygens (including phenoxy) is 1. The fourth-order valence-corrected chi connectivity index (χ4v) is 2.54. The van der Waals surface area contributed by atoms with Gasteiger partial charge in [0.1, 0.15) is 0 Å². The van der Waals surface area contributed by atoms with Crippen molar-refractivity contribution in [3.63, 3.8) is 0 Å². The van der Waals surface area contributed by atoms with E-state index in [-0.39, 0.29) is 12.5 Å². The van der Waals surface area contributed by atoms with E-state index in [1.165, 1.54) is 38.5 Å². The van der Waals surface area contributed by atoms with Crippen molar-refractivity contribution in [2.75, 3.05) is 26.4 Å². The first-order valence-electron chi connectivity index (χ1n) is 7.28. The van der Waals surface area contributed by atoms with Crippen LogP contribution in [0.15, 0.2) is 0 Å². The molecule has 4 nitrogen and oxygen atoms in total. The molecule has 0 atom stereocenters. The third kappa shape index (κ3) is 7.67. The van der Waals surface area contributed by atoms with Crippen molar-refractivity contribution in [3.05, 3.63) is 0 Å². The van der Waals surface area contributed by atoms with Gasteiger partial charge in [0.05, 0.1) is 19.8 Å². The molecular weight excluding hydrogens is 230 g/mol. The molecule has 1 saturated carbocycles. The van der Waals surface area contributed by atoms with Crippen molar-refractivity contribution in [3.8, 4) is 0 Å². The van der Waals surface area contributed by atoms with Crippen LogP contribution in [0, 0.1) is 5.92 Å². The summed E-state index contributed by atoms with van der Waals surface area (Å²) in [5, 5.41) is 11.3. The fraction of sp³-hybridized carbons (Fsp3) is 0.929. The number of hydrogen-bond donors (Lipinski definition) is 2. The lowest BCUT2D eigenvalue weighted by Gasteiger charge is -2.21. The van der Waals surface area contributed by atoms with Crippen LogP contribution in [0.2, 0.25) is 0 Å². The molecule has 106 valence electrons. The molecule has 1 amide bonds. The van der Waals surface area contributed by atoms with Gasteiger partial charge in [-0.05, 0) is 18.8 Å². The molecule has 0 aliphatic heterocycles. The third-order valence-electron chi connectivity index (χ3n) is 3.55. The minimum Gasteiger partial charge on any atom is -0.394 e. The first-order chi connectivity index (χ1) is 8.83. The number of hydrogen-bond acceptors (Lipinski definition) is 3. The highest BCUT2D eigenvalue weighted by molar-refractivity contribution is 5.75. The zero-order valence-electron chi connectivity index (χ0n) is 11.3. The molecule has 1 aliphatic rings. The lowest BCUT2D eigenvalue weighted by atomic mass is 9.86. The summed E-state index contributed by atoms with van der Waals surface area (Å²) in [6, 6.07) is 0. The van der Waals surface area contributed by atoms with Crippen LogP contribution >= 0.6 is 0 Å². The zero-order chi connectivity index (χ0) is 13.1. The maximum Gasteiger partial charge on any atom is 0.220 e. The van der Waals surface area contributed by atoms with Crippen molar-refractivity contribution < 1.29 is 14.6 Å². The van der Waals surface area contributed by atoms with E-state index in [1.807, 2.05) is 0 Å². The zero-order valence-corrected chi connectivity index (χ0v) is 11.3. The molecule has 0 heterocycles. The number of carbonyl (C=O) groups is 1. The van der Waals surface area contributed by atoms with Crippen molar-refractivity contribution >= 4 is 5.91 Å². The minimum atomic E-state index is 0.0370. The minimum absolute atomic E-state index is 0.0370. The molecule has 2 N–H and O–H groups in total. The van der Waals surface area contributed by atoms with Crippen LogP contribution in [0.25, 0.3) is 0 Å². The summed E-state index contributed by atoms with van der Waals surface area (Å²) in [5.41, 5.74) is 0. The average Bonchev–Trinajstić information content (AvgIpc) is 2.40. The van der Waals surface area contributed by atoms with Gasteiger partial charge in [0, 0.05) is 13.0 Å². The summed E-state index contributed by atoms with van der Waals surface area (Å²) in [7, 11) is 0. The monoisotopic (exact) mass is 257 g/mol. The molecule has 0 saturated heterocycles. The van der Waals surface area contributed by atoms with Gasteiger partial charge in [0.2, 0.25) is 5.91 Å². The van der Waals surface area contributed by atoms with E-state index in [0.717, 1.165) is 12.3 Å². The summed E-state index contributed by atoms with van der Waals surface area (Å²) < 4.78 is 5.07. The number of carbonyl (C=O) groups excluding carboxylic acids is 1. The van der Waals surface area contributed by atoms with E-state index in [4.69, 9.17) is 9.84 Å². The molecule has 0 aromatic carbocycles. The first kappa shape index (κ1) is 15.4. The number of nitrogens with one attached hydrogen (secondary N) is 1. The van der Waals surface area contributed by atoms with Gasteiger partial charge in [-0.1, -0.05) is 32.1 Å². The topological polar surface area (TPSA) is 58.6 Å². The SMILES string of the molecule is O=C(CCCC1CCCCC1)NCCOCCO. The molecule has 18 heavy (non-hydrogen) atoms. The molecule has 1 rings (SSSR count). The highest BCUT2D eigenvalue weighted by Crippen LogP contribution is 2.27. The Balaban J connectivity index is 1.89. The number of rotatable bonds is 9. The Hall–Kier alpha value is -0.610. The van der Waals surface area contributed by atoms with E-state index >= 15 is 0 Å². The molecule has 0 spiro atoms. The van der Waals surface area contributed by atoms with Crippen LogP contribution in [0.3, 0.4) is 0 Å². The Morgan fingerprint density at radius 1 is 1.22 bits per heavy atom. The highest BCUT2D eigenvalue weighted by atomic mass is 16.5. The molecule has 0 aromatic heterocycles. The van der Waals surface area contributed by atoms with Gasteiger partial charge in [-0.3, -0.25) is 4.79 Å². The van der Waals surface area contributed by atoms with Crippen LogP contribution in [0.1, 0.15) is 51.4 Å². The van der Waals surface area contributed by atoms with Crippen molar-refractivity contribution in [1.82, 2.24) is 5.32 Å². The Labute approximate surface area is 110 Å². The van der Waals surface area contributed by atoms with Crippen molar-refractivity contribution in [1.29, 1.82) is 0 Å². The van der Waals surface area contributed by atoms with Gasteiger partial charge >= 0.3 is 0 Å². The lowest BCUT2D eigenvalue weighted by molar-refractivity contribution is -0.121. The molecular formula is C14H27NO3. The number of aliphatic hydroxyl groups is 1. The summed E-state index contributed by atoms with van der Waals surface area (Å²) in [5.74, 6) is 0.984. The normalized spacial score (nSPS) is 16.7. The summed E-state index contributed by atoms with van der Waals surface area (Å²) in [4.78, 5) is 11.5. The molecule has 0 unspecified atom stereocenters. The van der Waals surface area contributed by atoms with Gasteiger partial charge in [-0.25, -0.2) is 0 Å². The summed E-state index contributed by atoms with van der Waals surface area (Å²) >= 11 is 0. The van der Waals surface area contributed by atoms with Crippen molar-refractivity contribution in [2.45, 2.75) is 51.4 Å². The smallest absolute Gasteiger partial charge is 0.220 e. The Bertz CT molecular complexity index is 215. The third-order valence-corrected chi connectivity index (χ3v) is 3.55. The first-order valence-corrected chi connectivity index (χ1v) is 7.28. The van der Waals surface area contributed by atoms with E-state index in [0.29, 0.717) is 26.2 Å². The standard InChI is InChI=1S/C14H27NO3/c16-10-12-18-11-9-15-14(17)8-4-7-13-5-2-1-3-6-13/h13,16H,1-12H2,(H,15,17). The largest absolute Gasteiger partial charge is 0.394 e. The van der Waals surface area contributed by atoms with Gasteiger partial charge in [0.15, 0.2) is 0 Å². The van der Waals surface area contributed by atoms with Crippen LogP contribution in [0.5, 0.6) is 0 Å². The van der Waals surface area contributed by atoms with E-state index in [9.17, 15) is 4.79 Å². The van der Waals surface area contributed by atoms with E-state index in [2.05, 4.69) is 5.32 Å². The maximum atomic E-state index is 11.5. The van der Waals surface area contributed by atoms with E-state index in [1.54, 1.807) is 0 Å². The number of amides is 1. The van der Waals surface area contributed by atoms with Gasteiger partial charge in [-0.2, -0.15) is 0 Å². The average molecular weight is 257 g/mol. The molecule has 0 aromatic rings. The second-order valence-corrected chi connectivity index (χ2v) is 5.08. The Morgan fingerprint density at radius 2 is 2.00 bits per heavy atom. The predicted octanol–water partition coefficient (Wildman–Crippen LogP) is 1.86. The quantitative estimate of drug-likeness (QED) is 0.620. The van der Waals surface area contributed by atoms with Gasteiger partial charge in [-0.15, -0.1) is 0 Å². The highest BCUT2D eigenvalue weighted by Gasteiger charge is 2.13. The molecule has 1 fully saturated rings. The second-order valence-electron chi connectivity index (χ2n) is 5.08. The molecule has 0 radical (unpaired) electrons. The summed E-state index contributed by atoms with van der Waals surface area (Å²) in [6.07, 6.45) is 9.70.